The number of aromatic nitrogens is 2. The standard InChI is InChI=1S/C15H17N3O3/c1-21-15(20)13-7-4-8-18(13)14(19)9-17-10-16-11-5-2-3-6-12(11)17/h2-3,5-6,10,13H,4,7-9H2,1H3. The highest BCUT2D eigenvalue weighted by molar-refractivity contribution is 5.86. The zero-order chi connectivity index (χ0) is 14.8. The molecule has 1 unspecified atom stereocenters. The number of carbonyl (C=O) groups is 2. The molecule has 1 amide bonds. The Bertz CT molecular complexity index is 680. The van der Waals surface area contributed by atoms with Gasteiger partial charge in [0.25, 0.3) is 0 Å². The van der Waals surface area contributed by atoms with Crippen LogP contribution in [0.1, 0.15) is 12.8 Å². The van der Waals surface area contributed by atoms with Crippen LogP contribution in [0.2, 0.25) is 0 Å². The van der Waals surface area contributed by atoms with E-state index in [1.165, 1.54) is 7.11 Å². The molecule has 1 aliphatic rings. The van der Waals surface area contributed by atoms with Gasteiger partial charge in [-0.2, -0.15) is 0 Å². The summed E-state index contributed by atoms with van der Waals surface area (Å²) in [5.74, 6) is -0.414. The summed E-state index contributed by atoms with van der Waals surface area (Å²) < 4.78 is 6.58. The molecule has 6 heteroatoms. The van der Waals surface area contributed by atoms with E-state index in [0.717, 1.165) is 17.5 Å². The van der Waals surface area contributed by atoms with Gasteiger partial charge >= 0.3 is 5.97 Å². The number of ether oxygens (including phenoxy) is 1. The first kappa shape index (κ1) is 13.6. The Kier molecular flexibility index (Phi) is 3.60. The molecule has 1 fully saturated rings. The normalized spacial score (nSPS) is 18.1. The summed E-state index contributed by atoms with van der Waals surface area (Å²) in [6.07, 6.45) is 3.16. The van der Waals surface area contributed by atoms with Crippen LogP contribution in [-0.4, -0.2) is 46.0 Å². The lowest BCUT2D eigenvalue weighted by atomic mass is 10.2. The second-order valence-corrected chi connectivity index (χ2v) is 5.13. The summed E-state index contributed by atoms with van der Waals surface area (Å²) in [7, 11) is 1.35. The Morgan fingerprint density at radius 1 is 1.38 bits per heavy atom. The summed E-state index contributed by atoms with van der Waals surface area (Å²) in [5.41, 5.74) is 1.77. The number of hydrogen-bond donors (Lipinski definition) is 0. The minimum absolute atomic E-state index is 0.0777. The van der Waals surface area contributed by atoms with Crippen LogP contribution < -0.4 is 0 Å². The van der Waals surface area contributed by atoms with Crippen LogP contribution in [0.4, 0.5) is 0 Å². The van der Waals surface area contributed by atoms with E-state index in [2.05, 4.69) is 4.98 Å². The van der Waals surface area contributed by atoms with E-state index < -0.39 is 6.04 Å². The zero-order valence-corrected chi connectivity index (χ0v) is 11.9. The van der Waals surface area contributed by atoms with Gasteiger partial charge in [-0.05, 0) is 25.0 Å². The maximum absolute atomic E-state index is 12.5. The average molecular weight is 287 g/mol. The van der Waals surface area contributed by atoms with Gasteiger partial charge < -0.3 is 14.2 Å². The zero-order valence-electron chi connectivity index (χ0n) is 11.9. The Morgan fingerprint density at radius 3 is 3.00 bits per heavy atom. The van der Waals surface area contributed by atoms with Crippen LogP contribution in [0.3, 0.4) is 0 Å². The molecule has 6 nitrogen and oxygen atoms in total. The molecule has 0 radical (unpaired) electrons. The van der Waals surface area contributed by atoms with Crippen molar-refractivity contribution in [2.24, 2.45) is 0 Å². The molecule has 1 saturated heterocycles. The largest absolute Gasteiger partial charge is 0.467 e. The van der Waals surface area contributed by atoms with Crippen molar-refractivity contribution in [2.45, 2.75) is 25.4 Å². The molecule has 2 aromatic rings. The Morgan fingerprint density at radius 2 is 2.19 bits per heavy atom. The number of esters is 1. The highest BCUT2D eigenvalue weighted by Crippen LogP contribution is 2.20. The fraction of sp³-hybridized carbons (Fsp3) is 0.400. The molecule has 21 heavy (non-hydrogen) atoms. The number of fused-ring (bicyclic) bond motifs is 1. The van der Waals surface area contributed by atoms with E-state index in [9.17, 15) is 9.59 Å². The van der Waals surface area contributed by atoms with Crippen molar-refractivity contribution in [2.75, 3.05) is 13.7 Å². The Hall–Kier alpha value is -2.37. The monoisotopic (exact) mass is 287 g/mol. The number of carbonyl (C=O) groups excluding carboxylic acids is 2. The lowest BCUT2D eigenvalue weighted by Gasteiger charge is -2.22. The number of hydrogen-bond acceptors (Lipinski definition) is 4. The van der Waals surface area contributed by atoms with Crippen molar-refractivity contribution in [3.63, 3.8) is 0 Å². The summed E-state index contributed by atoms with van der Waals surface area (Å²) in [6, 6.07) is 7.21. The fourth-order valence-corrected chi connectivity index (χ4v) is 2.82. The number of amides is 1. The number of para-hydroxylation sites is 2. The van der Waals surface area contributed by atoms with Crippen LogP contribution in [0, 0.1) is 0 Å². The van der Waals surface area contributed by atoms with E-state index >= 15 is 0 Å². The summed E-state index contributed by atoms with van der Waals surface area (Å²) in [6.45, 7) is 0.791. The van der Waals surface area contributed by atoms with Crippen molar-refractivity contribution in [1.82, 2.24) is 14.5 Å². The van der Waals surface area contributed by atoms with E-state index in [-0.39, 0.29) is 18.4 Å². The number of imidazole rings is 1. The highest BCUT2D eigenvalue weighted by Gasteiger charge is 2.34. The summed E-state index contributed by atoms with van der Waals surface area (Å²) in [5, 5.41) is 0. The molecule has 110 valence electrons. The molecule has 0 saturated carbocycles. The smallest absolute Gasteiger partial charge is 0.328 e. The number of methoxy groups -OCH3 is 1. The van der Waals surface area contributed by atoms with Crippen LogP contribution in [0.25, 0.3) is 11.0 Å². The van der Waals surface area contributed by atoms with Crippen LogP contribution >= 0.6 is 0 Å². The van der Waals surface area contributed by atoms with E-state index in [1.807, 2.05) is 28.8 Å². The van der Waals surface area contributed by atoms with Gasteiger partial charge in [-0.25, -0.2) is 9.78 Å². The molecule has 3 rings (SSSR count). The maximum Gasteiger partial charge on any atom is 0.328 e. The van der Waals surface area contributed by atoms with Gasteiger partial charge in [0.05, 0.1) is 24.5 Å². The minimum atomic E-state index is -0.447. The third kappa shape index (κ3) is 2.49. The van der Waals surface area contributed by atoms with Gasteiger partial charge in [-0.15, -0.1) is 0 Å². The number of benzene rings is 1. The Labute approximate surface area is 122 Å². The van der Waals surface area contributed by atoms with Gasteiger partial charge in [0, 0.05) is 6.54 Å². The van der Waals surface area contributed by atoms with E-state index in [0.29, 0.717) is 13.0 Å². The topological polar surface area (TPSA) is 64.4 Å². The highest BCUT2D eigenvalue weighted by atomic mass is 16.5. The molecule has 1 aromatic carbocycles. The summed E-state index contributed by atoms with van der Waals surface area (Å²) in [4.78, 5) is 30.0. The third-order valence-corrected chi connectivity index (χ3v) is 3.88. The molecular weight excluding hydrogens is 270 g/mol. The molecule has 0 spiro atoms. The molecule has 0 aliphatic carbocycles. The maximum atomic E-state index is 12.5. The first-order valence-corrected chi connectivity index (χ1v) is 6.98. The first-order valence-electron chi connectivity index (χ1n) is 6.98. The first-order chi connectivity index (χ1) is 10.2. The van der Waals surface area contributed by atoms with Crippen molar-refractivity contribution >= 4 is 22.9 Å². The second-order valence-electron chi connectivity index (χ2n) is 5.13. The molecule has 2 heterocycles. The van der Waals surface area contributed by atoms with Gasteiger partial charge in [-0.1, -0.05) is 12.1 Å². The molecule has 1 atom stereocenters. The SMILES string of the molecule is COC(=O)C1CCCN1C(=O)Cn1cnc2ccccc21. The lowest BCUT2D eigenvalue weighted by Crippen LogP contribution is -2.42. The van der Waals surface area contributed by atoms with Crippen LogP contribution in [0.5, 0.6) is 0 Å². The van der Waals surface area contributed by atoms with Gasteiger partial charge in [0.15, 0.2) is 0 Å². The van der Waals surface area contributed by atoms with Crippen molar-refractivity contribution in [3.8, 4) is 0 Å². The van der Waals surface area contributed by atoms with Crippen molar-refractivity contribution in [1.29, 1.82) is 0 Å². The predicted octanol–water partition coefficient (Wildman–Crippen LogP) is 1.20. The van der Waals surface area contributed by atoms with Crippen LogP contribution in [0.15, 0.2) is 30.6 Å². The lowest BCUT2D eigenvalue weighted by molar-refractivity contribution is -0.151. The van der Waals surface area contributed by atoms with E-state index in [4.69, 9.17) is 4.74 Å². The molecule has 1 aliphatic heterocycles. The van der Waals surface area contributed by atoms with Gasteiger partial charge in [-0.3, -0.25) is 4.79 Å². The minimum Gasteiger partial charge on any atom is -0.467 e. The summed E-state index contributed by atoms with van der Waals surface area (Å²) >= 11 is 0. The van der Waals surface area contributed by atoms with Crippen molar-refractivity contribution in [3.05, 3.63) is 30.6 Å². The predicted molar refractivity (Wildman–Crippen MR) is 76.5 cm³/mol. The third-order valence-electron chi connectivity index (χ3n) is 3.88. The second kappa shape index (κ2) is 5.55. The quantitative estimate of drug-likeness (QED) is 0.796. The number of likely N-dealkylation sites (tertiary alicyclic amines) is 1. The van der Waals surface area contributed by atoms with Crippen LogP contribution in [-0.2, 0) is 20.9 Å². The number of rotatable bonds is 3. The Balaban J connectivity index is 1.78. The molecule has 1 aromatic heterocycles. The van der Waals surface area contributed by atoms with E-state index in [1.54, 1.807) is 11.2 Å². The number of nitrogens with zero attached hydrogens (tertiary/aromatic N) is 3. The molecule has 0 N–H and O–H groups in total. The average Bonchev–Trinajstić information content (AvgIpc) is 3.14. The molecular formula is C15H17N3O3. The van der Waals surface area contributed by atoms with Crippen molar-refractivity contribution < 1.29 is 14.3 Å². The van der Waals surface area contributed by atoms with Gasteiger partial charge in [0.1, 0.15) is 12.6 Å². The fourth-order valence-electron chi connectivity index (χ4n) is 2.82. The molecule has 0 bridgehead atoms. The van der Waals surface area contributed by atoms with Gasteiger partial charge in [0.2, 0.25) is 5.91 Å².